The molecule has 1 aromatic heterocycles. The summed E-state index contributed by atoms with van der Waals surface area (Å²) in [4.78, 5) is 4.73. The zero-order chi connectivity index (χ0) is 16.3. The van der Waals surface area contributed by atoms with Gasteiger partial charge < -0.3 is 0 Å². The number of pyridine rings is 1. The number of nitrogens with zero attached hydrogens (tertiary/aromatic N) is 2. The highest BCUT2D eigenvalue weighted by Crippen LogP contribution is 2.21. The Bertz CT molecular complexity index is 811. The molecule has 23 heavy (non-hydrogen) atoms. The molecular formula is C18H20N2O2S. The van der Waals surface area contributed by atoms with E-state index < -0.39 is 10.0 Å². The van der Waals surface area contributed by atoms with Gasteiger partial charge >= 0.3 is 0 Å². The van der Waals surface area contributed by atoms with E-state index in [1.165, 1.54) is 4.31 Å². The smallest absolute Gasteiger partial charge is 0.243 e. The van der Waals surface area contributed by atoms with Gasteiger partial charge in [-0.05, 0) is 43.5 Å². The molecule has 0 fully saturated rings. The van der Waals surface area contributed by atoms with Crippen molar-refractivity contribution >= 4 is 10.0 Å². The van der Waals surface area contributed by atoms with E-state index in [1.807, 2.05) is 43.3 Å². The summed E-state index contributed by atoms with van der Waals surface area (Å²) in [6.07, 6.45) is 7.48. The minimum Gasteiger partial charge on any atom is -0.260 e. The fourth-order valence-corrected chi connectivity index (χ4v) is 4.02. The molecule has 0 atom stereocenters. The van der Waals surface area contributed by atoms with E-state index >= 15 is 0 Å². The molecule has 5 heteroatoms. The van der Waals surface area contributed by atoms with Gasteiger partial charge in [0.25, 0.3) is 0 Å². The average molecular weight is 328 g/mol. The second-order valence-corrected chi connectivity index (χ2v) is 7.67. The lowest BCUT2D eigenvalue weighted by atomic mass is 10.1. The Morgan fingerprint density at radius 3 is 2.65 bits per heavy atom. The first kappa shape index (κ1) is 15.9. The fraction of sp³-hybridized carbons (Fsp3) is 0.278. The van der Waals surface area contributed by atoms with Crippen molar-refractivity contribution in [3.05, 3.63) is 71.6 Å². The zero-order valence-corrected chi connectivity index (χ0v) is 14.0. The first-order valence-corrected chi connectivity index (χ1v) is 9.16. The molecular weight excluding hydrogens is 308 g/mol. The van der Waals surface area contributed by atoms with Gasteiger partial charge in [0.05, 0.1) is 17.1 Å². The van der Waals surface area contributed by atoms with Gasteiger partial charge in [0.1, 0.15) is 0 Å². The largest absolute Gasteiger partial charge is 0.260 e. The predicted octanol–water partition coefficient (Wildman–Crippen LogP) is 3.08. The average Bonchev–Trinajstić information content (AvgIpc) is 2.65. The van der Waals surface area contributed by atoms with Gasteiger partial charge in [-0.3, -0.25) is 4.98 Å². The van der Waals surface area contributed by atoms with Crippen LogP contribution in [0.5, 0.6) is 0 Å². The number of rotatable bonds is 2. The molecule has 0 saturated carbocycles. The molecule has 1 aromatic carbocycles. The summed E-state index contributed by atoms with van der Waals surface area (Å²) < 4.78 is 27.4. The summed E-state index contributed by atoms with van der Waals surface area (Å²) in [5.41, 5.74) is 3.00. The van der Waals surface area contributed by atoms with Crippen LogP contribution in [0.15, 0.2) is 59.6 Å². The predicted molar refractivity (Wildman–Crippen MR) is 90.5 cm³/mol. The summed E-state index contributed by atoms with van der Waals surface area (Å²) in [7, 11) is -3.54. The van der Waals surface area contributed by atoms with Gasteiger partial charge in [-0.25, -0.2) is 8.42 Å². The number of fused-ring (bicyclic) bond motifs is 1. The zero-order valence-electron chi connectivity index (χ0n) is 13.1. The first-order chi connectivity index (χ1) is 11.1. The van der Waals surface area contributed by atoms with Crippen molar-refractivity contribution < 1.29 is 8.42 Å². The minimum atomic E-state index is -3.54. The Hall–Kier alpha value is -1.98. The van der Waals surface area contributed by atoms with E-state index in [0.29, 0.717) is 18.0 Å². The van der Waals surface area contributed by atoms with Crippen LogP contribution in [0.25, 0.3) is 0 Å². The van der Waals surface area contributed by atoms with E-state index in [2.05, 4.69) is 4.98 Å². The first-order valence-electron chi connectivity index (χ1n) is 7.72. The molecule has 1 aliphatic rings. The van der Waals surface area contributed by atoms with Gasteiger partial charge in [-0.2, -0.15) is 4.31 Å². The third kappa shape index (κ3) is 3.51. The lowest BCUT2D eigenvalue weighted by molar-refractivity contribution is 0.433. The number of aryl methyl sites for hydroxylation is 2. The molecule has 0 amide bonds. The van der Waals surface area contributed by atoms with Crippen molar-refractivity contribution in [1.29, 1.82) is 0 Å². The van der Waals surface area contributed by atoms with Gasteiger partial charge in [0, 0.05) is 12.7 Å². The van der Waals surface area contributed by atoms with Crippen LogP contribution in [0.3, 0.4) is 0 Å². The third-order valence-electron chi connectivity index (χ3n) is 4.03. The number of allylic oxidation sites excluding steroid dienone is 1. The monoisotopic (exact) mass is 328 g/mol. The normalized spacial score (nSPS) is 17.6. The van der Waals surface area contributed by atoms with E-state index in [-0.39, 0.29) is 0 Å². The molecule has 2 aromatic rings. The highest BCUT2D eigenvalue weighted by atomic mass is 32.2. The van der Waals surface area contributed by atoms with Crippen LogP contribution in [-0.4, -0.2) is 24.3 Å². The molecule has 0 saturated heterocycles. The van der Waals surface area contributed by atoms with Crippen LogP contribution >= 0.6 is 0 Å². The Morgan fingerprint density at radius 2 is 1.87 bits per heavy atom. The number of hydrogen-bond donors (Lipinski definition) is 0. The van der Waals surface area contributed by atoms with Gasteiger partial charge in [-0.15, -0.1) is 0 Å². The van der Waals surface area contributed by atoms with Gasteiger partial charge in [0.2, 0.25) is 10.0 Å². The second-order valence-electron chi connectivity index (χ2n) is 5.73. The summed E-state index contributed by atoms with van der Waals surface area (Å²) in [6, 6.07) is 10.9. The summed E-state index contributed by atoms with van der Waals surface area (Å²) in [6.45, 7) is 2.61. The van der Waals surface area contributed by atoms with Crippen molar-refractivity contribution in [2.75, 3.05) is 6.54 Å². The molecule has 120 valence electrons. The van der Waals surface area contributed by atoms with E-state index in [0.717, 1.165) is 29.7 Å². The standard InChI is InChI=1S/C18H20N2O2S/c1-15-8-10-17(11-9-15)23(21,22)20-13-4-2-3-6-16-7-5-12-19-18(16)14-20/h2,4-5,7-12H,3,6,13-14H2,1H3/b4-2-. The van der Waals surface area contributed by atoms with Crippen LogP contribution in [-0.2, 0) is 23.0 Å². The lowest BCUT2D eigenvalue weighted by Crippen LogP contribution is -2.31. The maximum atomic E-state index is 12.9. The molecule has 0 bridgehead atoms. The van der Waals surface area contributed by atoms with Crippen LogP contribution < -0.4 is 0 Å². The van der Waals surface area contributed by atoms with E-state index in [9.17, 15) is 8.42 Å². The summed E-state index contributed by atoms with van der Waals surface area (Å²) in [5, 5.41) is 0. The van der Waals surface area contributed by atoms with Gasteiger partial charge in [0.15, 0.2) is 0 Å². The summed E-state index contributed by atoms with van der Waals surface area (Å²) in [5.74, 6) is 0. The van der Waals surface area contributed by atoms with Crippen molar-refractivity contribution in [2.45, 2.75) is 31.2 Å². The number of aromatic nitrogens is 1. The fourth-order valence-electron chi connectivity index (χ4n) is 2.66. The molecule has 3 rings (SSSR count). The second kappa shape index (κ2) is 6.64. The molecule has 1 aliphatic heterocycles. The third-order valence-corrected chi connectivity index (χ3v) is 5.85. The van der Waals surface area contributed by atoms with Crippen molar-refractivity contribution in [3.8, 4) is 0 Å². The Kier molecular flexibility index (Phi) is 4.59. The highest BCUT2D eigenvalue weighted by Gasteiger charge is 2.25. The van der Waals surface area contributed by atoms with Crippen LogP contribution in [0, 0.1) is 6.92 Å². The quantitative estimate of drug-likeness (QED) is 0.796. The molecule has 0 N–H and O–H groups in total. The molecule has 2 heterocycles. The topological polar surface area (TPSA) is 50.3 Å². The minimum absolute atomic E-state index is 0.302. The van der Waals surface area contributed by atoms with E-state index in [4.69, 9.17) is 0 Å². The number of sulfonamides is 1. The Labute approximate surface area is 137 Å². The molecule has 0 radical (unpaired) electrons. The van der Waals surface area contributed by atoms with Crippen LogP contribution in [0.4, 0.5) is 0 Å². The lowest BCUT2D eigenvalue weighted by Gasteiger charge is -2.21. The molecule has 0 aliphatic carbocycles. The highest BCUT2D eigenvalue weighted by molar-refractivity contribution is 7.89. The molecule has 0 spiro atoms. The Balaban J connectivity index is 1.98. The number of hydrogen-bond acceptors (Lipinski definition) is 3. The Morgan fingerprint density at radius 1 is 1.09 bits per heavy atom. The van der Waals surface area contributed by atoms with Crippen LogP contribution in [0.2, 0.25) is 0 Å². The summed E-state index contributed by atoms with van der Waals surface area (Å²) >= 11 is 0. The SMILES string of the molecule is Cc1ccc(S(=O)(=O)N2C/C=C\CCc3cccnc3C2)cc1. The van der Waals surface area contributed by atoms with E-state index in [1.54, 1.807) is 18.3 Å². The van der Waals surface area contributed by atoms with Crippen molar-refractivity contribution in [3.63, 3.8) is 0 Å². The van der Waals surface area contributed by atoms with Crippen LogP contribution in [0.1, 0.15) is 23.2 Å². The molecule has 4 nitrogen and oxygen atoms in total. The molecule has 0 unspecified atom stereocenters. The van der Waals surface area contributed by atoms with Gasteiger partial charge in [-0.1, -0.05) is 35.9 Å². The number of benzene rings is 1. The maximum Gasteiger partial charge on any atom is 0.243 e. The van der Waals surface area contributed by atoms with Crippen molar-refractivity contribution in [2.24, 2.45) is 0 Å². The maximum absolute atomic E-state index is 12.9. The van der Waals surface area contributed by atoms with Crippen molar-refractivity contribution in [1.82, 2.24) is 9.29 Å².